The lowest BCUT2D eigenvalue weighted by Gasteiger charge is -1.93. The van der Waals surface area contributed by atoms with E-state index in [0.29, 0.717) is 5.69 Å². The molecule has 13 heavy (non-hydrogen) atoms. The van der Waals surface area contributed by atoms with Crippen LogP contribution in [0.25, 0.3) is 6.08 Å². The third kappa shape index (κ3) is 3.37. The highest BCUT2D eigenvalue weighted by Gasteiger charge is 1.90. The maximum Gasteiger partial charge on any atom is 0.221 e. The summed E-state index contributed by atoms with van der Waals surface area (Å²) in [5, 5.41) is 0. The number of hydrogen-bond donors (Lipinski definition) is 2. The summed E-state index contributed by atoms with van der Waals surface area (Å²) in [5.74, 6) is -0.354. The molecule has 68 valence electrons. The number of pyridine rings is 1. The van der Waals surface area contributed by atoms with Gasteiger partial charge in [-0.1, -0.05) is 12.2 Å². The molecule has 0 aliphatic rings. The summed E-state index contributed by atoms with van der Waals surface area (Å²) in [6.45, 7) is 0. The van der Waals surface area contributed by atoms with Gasteiger partial charge in [-0.05, 0) is 11.6 Å². The Morgan fingerprint density at radius 2 is 2.31 bits per heavy atom. The first-order chi connectivity index (χ1) is 6.18. The molecule has 0 saturated carbocycles. The molecule has 0 saturated heterocycles. The van der Waals surface area contributed by atoms with E-state index in [4.69, 9.17) is 11.5 Å². The first-order valence-electron chi connectivity index (χ1n) is 3.84. The molecule has 1 rings (SSSR count). The van der Waals surface area contributed by atoms with E-state index in [1.165, 1.54) is 0 Å². The fourth-order valence-corrected chi connectivity index (χ4v) is 0.879. The Morgan fingerprint density at radius 1 is 1.54 bits per heavy atom. The van der Waals surface area contributed by atoms with Gasteiger partial charge in [0.15, 0.2) is 0 Å². The van der Waals surface area contributed by atoms with E-state index in [1.807, 2.05) is 0 Å². The Hall–Kier alpha value is -1.84. The molecular formula is C9H11N3O. The molecule has 4 nitrogen and oxygen atoms in total. The summed E-state index contributed by atoms with van der Waals surface area (Å²) in [7, 11) is 0. The van der Waals surface area contributed by atoms with Crippen LogP contribution in [0.3, 0.4) is 0 Å². The Morgan fingerprint density at radius 3 is 2.92 bits per heavy atom. The molecule has 1 aromatic heterocycles. The molecule has 0 aromatic carbocycles. The molecule has 0 radical (unpaired) electrons. The van der Waals surface area contributed by atoms with E-state index in [9.17, 15) is 4.79 Å². The van der Waals surface area contributed by atoms with Crippen molar-refractivity contribution < 1.29 is 4.79 Å². The lowest BCUT2D eigenvalue weighted by atomic mass is 10.2. The van der Waals surface area contributed by atoms with E-state index in [1.54, 1.807) is 30.6 Å². The van der Waals surface area contributed by atoms with E-state index >= 15 is 0 Å². The van der Waals surface area contributed by atoms with Crippen LogP contribution in [0.5, 0.6) is 0 Å². The average Bonchev–Trinajstić information content (AvgIpc) is 2.03. The van der Waals surface area contributed by atoms with Crippen molar-refractivity contribution in [3.8, 4) is 0 Å². The average molecular weight is 177 g/mol. The lowest BCUT2D eigenvalue weighted by Crippen LogP contribution is -2.07. The number of carbonyl (C=O) groups is 1. The summed E-state index contributed by atoms with van der Waals surface area (Å²) in [5.41, 5.74) is 11.9. The van der Waals surface area contributed by atoms with Crippen LogP contribution in [-0.4, -0.2) is 10.9 Å². The largest absolute Gasteiger partial charge is 0.397 e. The molecule has 4 N–H and O–H groups in total. The van der Waals surface area contributed by atoms with Gasteiger partial charge in [0, 0.05) is 18.8 Å². The zero-order valence-corrected chi connectivity index (χ0v) is 7.10. The SMILES string of the molecule is NC(=O)CC=Cc1cncc(N)c1. The predicted molar refractivity (Wildman–Crippen MR) is 51.5 cm³/mol. The molecule has 0 spiro atoms. The Bertz CT molecular complexity index is 333. The summed E-state index contributed by atoms with van der Waals surface area (Å²) in [6, 6.07) is 1.77. The number of nitrogens with two attached hydrogens (primary N) is 2. The third-order valence-corrected chi connectivity index (χ3v) is 1.41. The second-order valence-electron chi connectivity index (χ2n) is 2.62. The van der Waals surface area contributed by atoms with Gasteiger partial charge in [-0.25, -0.2) is 0 Å². The zero-order chi connectivity index (χ0) is 9.68. The highest BCUT2D eigenvalue weighted by molar-refractivity contribution is 5.76. The van der Waals surface area contributed by atoms with Crippen molar-refractivity contribution in [2.45, 2.75) is 6.42 Å². The maximum atomic E-state index is 10.4. The number of nitrogen functional groups attached to an aromatic ring is 1. The van der Waals surface area contributed by atoms with Gasteiger partial charge >= 0.3 is 0 Å². The predicted octanol–water partition coefficient (Wildman–Crippen LogP) is 0.552. The standard InChI is InChI=1S/C9H11N3O/c10-8-4-7(5-12-6-8)2-1-3-9(11)13/h1-2,4-6H,3,10H2,(H2,11,13). The molecule has 0 atom stereocenters. The first-order valence-corrected chi connectivity index (χ1v) is 3.84. The number of primary amides is 1. The number of hydrogen-bond acceptors (Lipinski definition) is 3. The van der Waals surface area contributed by atoms with Gasteiger partial charge in [0.2, 0.25) is 5.91 Å². The highest BCUT2D eigenvalue weighted by Crippen LogP contribution is 2.05. The molecule has 0 unspecified atom stereocenters. The molecule has 1 heterocycles. The molecule has 1 aromatic rings. The molecule has 1 amide bonds. The molecule has 4 heteroatoms. The minimum atomic E-state index is -0.354. The van der Waals surface area contributed by atoms with Gasteiger partial charge in [-0.15, -0.1) is 0 Å². The van der Waals surface area contributed by atoms with Crippen LogP contribution in [0.2, 0.25) is 0 Å². The monoisotopic (exact) mass is 177 g/mol. The number of carbonyl (C=O) groups excluding carboxylic acids is 1. The van der Waals surface area contributed by atoms with Crippen LogP contribution < -0.4 is 11.5 Å². The van der Waals surface area contributed by atoms with Gasteiger partial charge in [-0.3, -0.25) is 9.78 Å². The number of rotatable bonds is 3. The lowest BCUT2D eigenvalue weighted by molar-refractivity contribution is -0.117. The minimum absolute atomic E-state index is 0.231. The second-order valence-corrected chi connectivity index (χ2v) is 2.62. The van der Waals surface area contributed by atoms with Crippen LogP contribution in [-0.2, 0) is 4.79 Å². The highest BCUT2D eigenvalue weighted by atomic mass is 16.1. The molecule has 0 aliphatic carbocycles. The van der Waals surface area contributed by atoms with E-state index in [2.05, 4.69) is 4.98 Å². The van der Waals surface area contributed by atoms with Crippen molar-refractivity contribution in [3.05, 3.63) is 30.1 Å². The van der Waals surface area contributed by atoms with Crippen molar-refractivity contribution in [2.24, 2.45) is 5.73 Å². The van der Waals surface area contributed by atoms with Crippen molar-refractivity contribution in [2.75, 3.05) is 5.73 Å². The van der Waals surface area contributed by atoms with E-state index in [0.717, 1.165) is 5.56 Å². The van der Waals surface area contributed by atoms with Crippen molar-refractivity contribution in [1.82, 2.24) is 4.98 Å². The second kappa shape index (κ2) is 4.25. The van der Waals surface area contributed by atoms with Crippen molar-refractivity contribution in [3.63, 3.8) is 0 Å². The molecule has 0 fully saturated rings. The number of aromatic nitrogens is 1. The third-order valence-electron chi connectivity index (χ3n) is 1.41. The zero-order valence-electron chi connectivity index (χ0n) is 7.10. The van der Waals surface area contributed by atoms with E-state index in [-0.39, 0.29) is 12.3 Å². The summed E-state index contributed by atoms with van der Waals surface area (Å²) in [4.78, 5) is 14.3. The first kappa shape index (κ1) is 9.25. The fourth-order valence-electron chi connectivity index (χ4n) is 0.879. The summed E-state index contributed by atoms with van der Waals surface area (Å²) < 4.78 is 0. The normalized spacial score (nSPS) is 10.5. The van der Waals surface area contributed by atoms with Crippen LogP contribution >= 0.6 is 0 Å². The quantitative estimate of drug-likeness (QED) is 0.707. The van der Waals surface area contributed by atoms with Crippen LogP contribution in [0.4, 0.5) is 5.69 Å². The van der Waals surface area contributed by atoms with Gasteiger partial charge in [-0.2, -0.15) is 0 Å². The van der Waals surface area contributed by atoms with Crippen LogP contribution in [0, 0.1) is 0 Å². The van der Waals surface area contributed by atoms with Crippen molar-refractivity contribution >= 4 is 17.7 Å². The Kier molecular flexibility index (Phi) is 3.03. The van der Waals surface area contributed by atoms with Crippen LogP contribution in [0.15, 0.2) is 24.5 Å². The molecule has 0 aliphatic heterocycles. The number of anilines is 1. The van der Waals surface area contributed by atoms with Gasteiger partial charge in [0.25, 0.3) is 0 Å². The van der Waals surface area contributed by atoms with Crippen molar-refractivity contribution in [1.29, 1.82) is 0 Å². The topological polar surface area (TPSA) is 82.0 Å². The molecular weight excluding hydrogens is 166 g/mol. The van der Waals surface area contributed by atoms with Crippen LogP contribution in [0.1, 0.15) is 12.0 Å². The summed E-state index contributed by atoms with van der Waals surface area (Å²) in [6.07, 6.45) is 6.89. The Labute approximate surface area is 76.3 Å². The number of nitrogens with zero attached hydrogens (tertiary/aromatic N) is 1. The fraction of sp³-hybridized carbons (Fsp3) is 0.111. The van der Waals surface area contributed by atoms with Gasteiger partial charge in [0.1, 0.15) is 0 Å². The maximum absolute atomic E-state index is 10.4. The smallest absolute Gasteiger partial charge is 0.221 e. The minimum Gasteiger partial charge on any atom is -0.397 e. The Balaban J connectivity index is 2.63. The van der Waals surface area contributed by atoms with E-state index < -0.39 is 0 Å². The summed E-state index contributed by atoms with van der Waals surface area (Å²) >= 11 is 0. The number of amides is 1. The van der Waals surface area contributed by atoms with Gasteiger partial charge < -0.3 is 11.5 Å². The van der Waals surface area contributed by atoms with Gasteiger partial charge in [0.05, 0.1) is 5.69 Å². The molecule has 0 bridgehead atoms.